The zero-order valence-corrected chi connectivity index (χ0v) is 33.8. The molecule has 0 spiro atoms. The minimum atomic E-state index is -0.508. The molecule has 0 amide bonds. The van der Waals surface area contributed by atoms with Crippen LogP contribution in [-0.4, -0.2) is 36.6 Å². The van der Waals surface area contributed by atoms with E-state index in [-0.39, 0.29) is 0 Å². The van der Waals surface area contributed by atoms with E-state index >= 15 is 0 Å². The summed E-state index contributed by atoms with van der Waals surface area (Å²) in [6.45, 7) is 7.19. The van der Waals surface area contributed by atoms with E-state index in [9.17, 15) is 0 Å². The predicted molar refractivity (Wildman–Crippen MR) is 235 cm³/mol. The first-order chi connectivity index (χ1) is 29.7. The molecule has 6 nitrogen and oxygen atoms in total. The molecule has 8 rings (SSSR count). The highest BCUT2D eigenvalue weighted by atomic mass is 16.6. The van der Waals surface area contributed by atoms with Crippen molar-refractivity contribution in [2.24, 2.45) is 0 Å². The standard InChI is InChI=1S/C54H52O6/c1-40(47-32-49(55-34-41-20-8-2-9-21-41)53(59-38-45-28-16-6-17-29-45)51(47)57-36-43-24-12-4-13-25-43)48-33-50(56-35-42-22-10-3-11-23-42)54(60-39-46-30-18-7-19-31-46)52(48)58-37-44-26-14-5-15-27-44/h2-33,49-54H,1,34-39H2/t49-,50-,51+,52+,53-,54-/m1/s1. The Hall–Kier alpha value is -5.70. The van der Waals surface area contributed by atoms with Crippen LogP contribution in [0.25, 0.3) is 0 Å². The van der Waals surface area contributed by atoms with Crippen molar-refractivity contribution in [1.82, 2.24) is 0 Å². The van der Waals surface area contributed by atoms with Gasteiger partial charge in [0.1, 0.15) is 36.6 Å². The molecule has 0 saturated carbocycles. The van der Waals surface area contributed by atoms with Gasteiger partial charge < -0.3 is 28.4 Å². The first-order valence-electron chi connectivity index (χ1n) is 20.7. The largest absolute Gasteiger partial charge is 0.367 e. The van der Waals surface area contributed by atoms with Crippen LogP contribution in [0, 0.1) is 0 Å². The van der Waals surface area contributed by atoms with E-state index in [4.69, 9.17) is 35.0 Å². The maximum absolute atomic E-state index is 6.93. The van der Waals surface area contributed by atoms with Gasteiger partial charge >= 0.3 is 0 Å². The molecule has 6 atom stereocenters. The van der Waals surface area contributed by atoms with Gasteiger partial charge in [0.25, 0.3) is 0 Å². The van der Waals surface area contributed by atoms with E-state index in [1.165, 1.54) is 0 Å². The fraction of sp³-hybridized carbons (Fsp3) is 0.222. The smallest absolute Gasteiger partial charge is 0.118 e. The summed E-state index contributed by atoms with van der Waals surface area (Å²) in [6, 6.07) is 61.3. The quantitative estimate of drug-likeness (QED) is 0.0767. The molecule has 0 radical (unpaired) electrons. The van der Waals surface area contributed by atoms with Crippen molar-refractivity contribution in [3.8, 4) is 0 Å². The second-order valence-electron chi connectivity index (χ2n) is 15.2. The first-order valence-corrected chi connectivity index (χ1v) is 20.7. The van der Waals surface area contributed by atoms with Gasteiger partial charge in [-0.25, -0.2) is 0 Å². The number of hydrogen-bond acceptors (Lipinski definition) is 6. The summed E-state index contributed by atoms with van der Waals surface area (Å²) in [5.41, 5.74) is 8.98. The van der Waals surface area contributed by atoms with Gasteiger partial charge in [-0.15, -0.1) is 0 Å². The van der Waals surface area contributed by atoms with Gasteiger partial charge in [-0.1, -0.05) is 189 Å². The number of hydrogen-bond donors (Lipinski definition) is 0. The lowest BCUT2D eigenvalue weighted by Crippen LogP contribution is -2.39. The lowest BCUT2D eigenvalue weighted by atomic mass is 9.94. The maximum Gasteiger partial charge on any atom is 0.118 e. The third-order valence-electron chi connectivity index (χ3n) is 10.9. The Morgan fingerprint density at radius 2 is 0.550 bits per heavy atom. The first kappa shape index (κ1) is 41.1. The maximum atomic E-state index is 6.93. The Morgan fingerprint density at radius 1 is 0.317 bits per heavy atom. The molecule has 0 unspecified atom stereocenters. The van der Waals surface area contributed by atoms with Crippen molar-refractivity contribution >= 4 is 0 Å². The van der Waals surface area contributed by atoms with Gasteiger partial charge in [0, 0.05) is 0 Å². The molecule has 2 aliphatic carbocycles. The van der Waals surface area contributed by atoms with E-state index in [1.54, 1.807) is 0 Å². The van der Waals surface area contributed by atoms with E-state index in [1.807, 2.05) is 109 Å². The summed E-state index contributed by atoms with van der Waals surface area (Å²) in [6.07, 6.45) is 1.48. The van der Waals surface area contributed by atoms with Crippen LogP contribution in [0.15, 0.2) is 217 Å². The molecule has 0 aliphatic heterocycles. The van der Waals surface area contributed by atoms with Gasteiger partial charge in [-0.05, 0) is 62.3 Å². The molecule has 0 heterocycles. The van der Waals surface area contributed by atoms with E-state index in [0.717, 1.165) is 50.1 Å². The molecule has 0 N–H and O–H groups in total. The molecule has 0 fully saturated rings. The Balaban J connectivity index is 1.14. The van der Waals surface area contributed by atoms with Crippen LogP contribution in [-0.2, 0) is 68.1 Å². The van der Waals surface area contributed by atoms with Crippen molar-refractivity contribution in [1.29, 1.82) is 0 Å². The van der Waals surface area contributed by atoms with Crippen molar-refractivity contribution in [2.75, 3.05) is 0 Å². The van der Waals surface area contributed by atoms with E-state index < -0.39 is 36.6 Å². The summed E-state index contributed by atoms with van der Waals surface area (Å²) in [4.78, 5) is 0. The SMILES string of the molecule is C=C(C1=C[C@@H](OCc2ccccc2)[C@@H](OCc2ccccc2)[C@H]1OCc1ccccc1)C1=C[C@@H](OCc2ccccc2)[C@@H](OCc2ccccc2)[C@H]1OCc1ccccc1. The molecule has 0 saturated heterocycles. The predicted octanol–water partition coefficient (Wildman–Crippen LogP) is 10.9. The monoisotopic (exact) mass is 796 g/mol. The minimum Gasteiger partial charge on any atom is -0.367 e. The van der Waals surface area contributed by atoms with Crippen LogP contribution < -0.4 is 0 Å². The molecule has 60 heavy (non-hydrogen) atoms. The van der Waals surface area contributed by atoms with Crippen LogP contribution in [0.1, 0.15) is 33.4 Å². The molecule has 0 aromatic heterocycles. The van der Waals surface area contributed by atoms with Gasteiger partial charge in [0.2, 0.25) is 0 Å². The number of rotatable bonds is 20. The highest BCUT2D eigenvalue weighted by Crippen LogP contribution is 2.41. The van der Waals surface area contributed by atoms with Gasteiger partial charge in [-0.2, -0.15) is 0 Å². The second kappa shape index (κ2) is 21.0. The van der Waals surface area contributed by atoms with E-state index in [2.05, 4.69) is 84.9 Å². The number of benzene rings is 6. The Bertz CT molecular complexity index is 2100. The number of ether oxygens (including phenoxy) is 6. The molecule has 304 valence electrons. The van der Waals surface area contributed by atoms with Crippen molar-refractivity contribution < 1.29 is 28.4 Å². The van der Waals surface area contributed by atoms with Crippen LogP contribution in [0.4, 0.5) is 0 Å². The van der Waals surface area contributed by atoms with Crippen LogP contribution in [0.3, 0.4) is 0 Å². The van der Waals surface area contributed by atoms with Gasteiger partial charge in [-0.3, -0.25) is 0 Å². The van der Waals surface area contributed by atoms with Crippen LogP contribution in [0.2, 0.25) is 0 Å². The summed E-state index contributed by atoms with van der Waals surface area (Å²) in [7, 11) is 0. The van der Waals surface area contributed by atoms with Gasteiger partial charge in [0.05, 0.1) is 39.6 Å². The average molecular weight is 797 g/mol. The molecular weight excluding hydrogens is 745 g/mol. The van der Waals surface area contributed by atoms with E-state index in [0.29, 0.717) is 39.6 Å². The normalized spacial score (nSPS) is 21.1. The van der Waals surface area contributed by atoms with Crippen LogP contribution >= 0.6 is 0 Å². The fourth-order valence-corrected chi connectivity index (χ4v) is 7.75. The Morgan fingerprint density at radius 3 is 0.817 bits per heavy atom. The lowest BCUT2D eigenvalue weighted by molar-refractivity contribution is -0.117. The minimum absolute atomic E-state index is 0.380. The summed E-state index contributed by atoms with van der Waals surface area (Å²) in [5.74, 6) is 0. The highest BCUT2D eigenvalue weighted by molar-refractivity contribution is 5.54. The molecule has 2 aliphatic rings. The van der Waals surface area contributed by atoms with Crippen molar-refractivity contribution in [3.05, 3.63) is 251 Å². The fourth-order valence-electron chi connectivity index (χ4n) is 7.75. The Labute approximate surface area is 354 Å². The molecule has 6 aromatic carbocycles. The zero-order chi connectivity index (χ0) is 40.8. The second-order valence-corrected chi connectivity index (χ2v) is 15.2. The average Bonchev–Trinajstić information content (AvgIpc) is 3.85. The zero-order valence-electron chi connectivity index (χ0n) is 33.8. The summed E-state index contributed by atoms with van der Waals surface area (Å²) < 4.78 is 41.0. The molecule has 0 bridgehead atoms. The van der Waals surface area contributed by atoms with Crippen LogP contribution in [0.5, 0.6) is 0 Å². The lowest BCUT2D eigenvalue weighted by Gasteiger charge is -2.30. The molecular formula is C54H52O6. The molecule has 6 heteroatoms. The summed E-state index contributed by atoms with van der Waals surface area (Å²) in [5, 5.41) is 0. The Kier molecular flexibility index (Phi) is 14.4. The highest BCUT2D eigenvalue weighted by Gasteiger charge is 2.46. The molecule has 6 aromatic rings. The summed E-state index contributed by atoms with van der Waals surface area (Å²) >= 11 is 0. The topological polar surface area (TPSA) is 55.4 Å². The third kappa shape index (κ3) is 10.9. The van der Waals surface area contributed by atoms with Crippen molar-refractivity contribution in [3.63, 3.8) is 0 Å². The third-order valence-corrected chi connectivity index (χ3v) is 10.9. The van der Waals surface area contributed by atoms with Gasteiger partial charge in [0.15, 0.2) is 0 Å². The van der Waals surface area contributed by atoms with Crippen molar-refractivity contribution in [2.45, 2.75) is 76.3 Å².